The van der Waals surface area contributed by atoms with Gasteiger partial charge in [0.1, 0.15) is 0 Å². The monoisotopic (exact) mass is 245 g/mol. The molecule has 0 heterocycles. The van der Waals surface area contributed by atoms with E-state index in [0.29, 0.717) is 18.0 Å². The summed E-state index contributed by atoms with van der Waals surface area (Å²) in [5.74, 6) is 0.0686. The summed E-state index contributed by atoms with van der Waals surface area (Å²) in [5, 5.41) is 2.99. The molecule has 0 saturated heterocycles. The molecular weight excluding hydrogens is 222 g/mol. The number of carbonyl (C=O) groups is 1. The van der Waals surface area contributed by atoms with Gasteiger partial charge in [0.05, 0.1) is 11.5 Å². The van der Waals surface area contributed by atoms with E-state index in [1.807, 2.05) is 11.9 Å². The summed E-state index contributed by atoms with van der Waals surface area (Å²) in [6.45, 7) is 5.28. The molecule has 0 aliphatic heterocycles. The number of hydrogen-bond acceptors (Lipinski definition) is 3. The Balaban J connectivity index is 3.81. The zero-order valence-electron chi connectivity index (χ0n) is 10.5. The van der Waals surface area contributed by atoms with Crippen molar-refractivity contribution in [3.05, 3.63) is 0 Å². The molecule has 0 fully saturated rings. The third-order valence-electron chi connectivity index (χ3n) is 2.50. The molecule has 0 atom stereocenters. The number of nitrogens with zero attached hydrogens (tertiary/aromatic N) is 1. The molecule has 5 heteroatoms. The van der Waals surface area contributed by atoms with Gasteiger partial charge in [-0.15, -0.1) is 0 Å². The molecule has 0 radical (unpaired) electrons. The van der Waals surface area contributed by atoms with Crippen molar-refractivity contribution < 1.29 is 4.79 Å². The van der Waals surface area contributed by atoms with Crippen LogP contribution in [0, 0.1) is 0 Å². The minimum atomic E-state index is 0.0686. The van der Waals surface area contributed by atoms with E-state index in [4.69, 9.17) is 18.0 Å². The second kappa shape index (κ2) is 8.47. The zero-order valence-corrected chi connectivity index (χ0v) is 11.3. The lowest BCUT2D eigenvalue weighted by molar-refractivity contribution is -0.122. The Bertz CT molecular complexity index is 229. The Kier molecular flexibility index (Phi) is 8.11. The maximum absolute atomic E-state index is 11.6. The Labute approximate surface area is 104 Å². The van der Waals surface area contributed by atoms with Crippen LogP contribution in [0.2, 0.25) is 0 Å². The highest BCUT2D eigenvalue weighted by Gasteiger charge is 2.10. The molecule has 94 valence electrons. The van der Waals surface area contributed by atoms with Gasteiger partial charge < -0.3 is 11.1 Å². The van der Waals surface area contributed by atoms with Gasteiger partial charge in [-0.25, -0.2) is 0 Å². The molecule has 0 rings (SSSR count). The highest BCUT2D eigenvalue weighted by atomic mass is 32.1. The predicted octanol–water partition coefficient (Wildman–Crippen LogP) is 0.899. The molecule has 1 amide bonds. The molecule has 16 heavy (non-hydrogen) atoms. The van der Waals surface area contributed by atoms with Gasteiger partial charge in [0.15, 0.2) is 0 Å². The summed E-state index contributed by atoms with van der Waals surface area (Å²) in [6, 6.07) is 0.288. The third-order valence-corrected chi connectivity index (χ3v) is 2.71. The van der Waals surface area contributed by atoms with Crippen molar-refractivity contribution in [1.82, 2.24) is 10.2 Å². The van der Waals surface area contributed by atoms with Crippen molar-refractivity contribution in [2.45, 2.75) is 39.2 Å². The van der Waals surface area contributed by atoms with Crippen LogP contribution in [0.15, 0.2) is 0 Å². The Hall–Kier alpha value is -0.680. The van der Waals surface area contributed by atoms with Crippen LogP contribution in [0.5, 0.6) is 0 Å². The van der Waals surface area contributed by atoms with Gasteiger partial charge in [0, 0.05) is 19.0 Å². The Morgan fingerprint density at radius 2 is 2.00 bits per heavy atom. The fourth-order valence-electron chi connectivity index (χ4n) is 1.39. The average Bonchev–Trinajstić information content (AvgIpc) is 2.23. The van der Waals surface area contributed by atoms with Crippen LogP contribution in [0.1, 0.15) is 33.1 Å². The Morgan fingerprint density at radius 1 is 1.44 bits per heavy atom. The lowest BCUT2D eigenvalue weighted by Gasteiger charge is -2.19. The normalized spacial score (nSPS) is 10.8. The largest absolute Gasteiger partial charge is 0.393 e. The number of amides is 1. The summed E-state index contributed by atoms with van der Waals surface area (Å²) in [6.07, 6.45) is 2.60. The fourth-order valence-corrected chi connectivity index (χ4v) is 1.48. The molecule has 0 aliphatic rings. The Morgan fingerprint density at radius 3 is 2.44 bits per heavy atom. The van der Waals surface area contributed by atoms with Gasteiger partial charge in [0.25, 0.3) is 0 Å². The molecule has 0 aliphatic carbocycles. The van der Waals surface area contributed by atoms with E-state index in [2.05, 4.69) is 19.2 Å². The minimum absolute atomic E-state index is 0.0686. The third kappa shape index (κ3) is 7.59. The van der Waals surface area contributed by atoms with Crippen LogP contribution >= 0.6 is 12.2 Å². The minimum Gasteiger partial charge on any atom is -0.393 e. The summed E-state index contributed by atoms with van der Waals surface area (Å²) in [5.41, 5.74) is 5.40. The highest BCUT2D eigenvalue weighted by Crippen LogP contribution is 1.96. The van der Waals surface area contributed by atoms with E-state index in [1.165, 1.54) is 0 Å². The molecule has 0 unspecified atom stereocenters. The van der Waals surface area contributed by atoms with Crippen molar-refractivity contribution in [2.75, 3.05) is 20.1 Å². The van der Waals surface area contributed by atoms with Crippen LogP contribution in [0.25, 0.3) is 0 Å². The molecule has 0 aromatic rings. The van der Waals surface area contributed by atoms with E-state index >= 15 is 0 Å². The zero-order chi connectivity index (χ0) is 12.6. The van der Waals surface area contributed by atoms with Crippen LogP contribution in [0.4, 0.5) is 0 Å². The number of hydrogen-bond donors (Lipinski definition) is 2. The number of nitrogens with two attached hydrogens (primary N) is 1. The number of carbonyl (C=O) groups excluding carboxylic acids is 1. The molecule has 3 N–H and O–H groups in total. The van der Waals surface area contributed by atoms with Gasteiger partial charge in [0.2, 0.25) is 5.91 Å². The van der Waals surface area contributed by atoms with E-state index in [9.17, 15) is 4.79 Å². The lowest BCUT2D eigenvalue weighted by Crippen LogP contribution is -2.41. The van der Waals surface area contributed by atoms with Crippen molar-refractivity contribution in [3.63, 3.8) is 0 Å². The number of likely N-dealkylation sites (N-methyl/N-ethyl adjacent to an activating group) is 1. The van der Waals surface area contributed by atoms with Crippen LogP contribution in [-0.2, 0) is 4.79 Å². The molecule has 0 spiro atoms. The summed E-state index contributed by atoms with van der Waals surface area (Å²) < 4.78 is 0. The SMILES string of the molecule is CCC(CC)NC(=O)CN(C)CCC(N)=S. The first kappa shape index (κ1) is 15.3. The average molecular weight is 245 g/mol. The predicted molar refractivity (Wildman–Crippen MR) is 71.4 cm³/mol. The second-order valence-electron chi connectivity index (χ2n) is 4.04. The highest BCUT2D eigenvalue weighted by molar-refractivity contribution is 7.80. The standard InChI is InChI=1S/C11H23N3OS/c1-4-9(5-2)13-11(15)8-14(3)7-6-10(12)16/h9H,4-8H2,1-3H3,(H2,12,16)(H,13,15). The second-order valence-corrected chi connectivity index (χ2v) is 4.56. The van der Waals surface area contributed by atoms with Crippen molar-refractivity contribution in [2.24, 2.45) is 5.73 Å². The van der Waals surface area contributed by atoms with Crippen molar-refractivity contribution in [1.29, 1.82) is 0 Å². The fraction of sp³-hybridized carbons (Fsp3) is 0.818. The first-order chi connectivity index (χ1) is 7.49. The van der Waals surface area contributed by atoms with Crippen LogP contribution in [0.3, 0.4) is 0 Å². The van der Waals surface area contributed by atoms with E-state index < -0.39 is 0 Å². The number of nitrogens with one attached hydrogen (secondary N) is 1. The van der Waals surface area contributed by atoms with Gasteiger partial charge in [-0.05, 0) is 19.9 Å². The molecule has 4 nitrogen and oxygen atoms in total. The maximum atomic E-state index is 11.6. The van der Waals surface area contributed by atoms with Crippen LogP contribution < -0.4 is 11.1 Å². The molecule has 0 aromatic carbocycles. The first-order valence-corrected chi connectivity index (χ1v) is 6.16. The van der Waals surface area contributed by atoms with E-state index in [-0.39, 0.29) is 11.9 Å². The molecule has 0 bridgehead atoms. The molecule has 0 saturated carbocycles. The van der Waals surface area contributed by atoms with Crippen LogP contribution in [-0.4, -0.2) is 42.0 Å². The van der Waals surface area contributed by atoms with Gasteiger partial charge in [-0.3, -0.25) is 9.69 Å². The van der Waals surface area contributed by atoms with Gasteiger partial charge in [-0.2, -0.15) is 0 Å². The first-order valence-electron chi connectivity index (χ1n) is 5.75. The number of thiocarbonyl (C=S) groups is 1. The van der Waals surface area contributed by atoms with Gasteiger partial charge >= 0.3 is 0 Å². The van der Waals surface area contributed by atoms with E-state index in [0.717, 1.165) is 19.4 Å². The van der Waals surface area contributed by atoms with Gasteiger partial charge in [-0.1, -0.05) is 26.1 Å². The molecule has 0 aromatic heterocycles. The summed E-state index contributed by atoms with van der Waals surface area (Å²) >= 11 is 4.79. The topological polar surface area (TPSA) is 58.4 Å². The van der Waals surface area contributed by atoms with E-state index in [1.54, 1.807) is 0 Å². The molecular formula is C11H23N3OS. The lowest BCUT2D eigenvalue weighted by atomic mass is 10.2. The smallest absolute Gasteiger partial charge is 0.234 e. The quantitative estimate of drug-likeness (QED) is 0.624. The number of rotatable bonds is 8. The van der Waals surface area contributed by atoms with Crippen molar-refractivity contribution >= 4 is 23.1 Å². The van der Waals surface area contributed by atoms with Crippen molar-refractivity contribution in [3.8, 4) is 0 Å². The summed E-state index contributed by atoms with van der Waals surface area (Å²) in [4.78, 5) is 14.0. The summed E-state index contributed by atoms with van der Waals surface area (Å²) in [7, 11) is 1.89. The maximum Gasteiger partial charge on any atom is 0.234 e.